The average Bonchev–Trinajstić information content (AvgIpc) is 1.66. The van der Waals surface area contributed by atoms with Crippen LogP contribution in [0.25, 0.3) is 0 Å². The van der Waals surface area contributed by atoms with Gasteiger partial charge in [0.15, 0.2) is 29.7 Å². The summed E-state index contributed by atoms with van der Waals surface area (Å²) >= 11 is 0. The highest BCUT2D eigenvalue weighted by Gasteiger charge is 2.35. The Morgan fingerprint density at radius 3 is 1.03 bits per heavy atom. The molecule has 0 spiro atoms. The second-order valence-electron chi connectivity index (χ2n) is 27.7. The number of hydrogen-bond acceptors (Lipinski definition) is 17. The van der Waals surface area contributed by atoms with Crippen LogP contribution in [0.4, 0.5) is 31.4 Å². The van der Waals surface area contributed by atoms with Crippen LogP contribution in [0.5, 0.6) is 17.6 Å². The number of aromatic nitrogens is 8. The average molecular weight is 1480 g/mol. The van der Waals surface area contributed by atoms with Crippen molar-refractivity contribution in [3.05, 3.63) is 200 Å². The first-order valence-corrected chi connectivity index (χ1v) is 41.2. The van der Waals surface area contributed by atoms with E-state index in [1.807, 2.05) is 48.5 Å². The third-order valence-electron chi connectivity index (χ3n) is 20.9. The van der Waals surface area contributed by atoms with E-state index in [9.17, 15) is 27.0 Å². The van der Waals surface area contributed by atoms with Crippen molar-refractivity contribution in [2.24, 2.45) is 13.1 Å². The van der Waals surface area contributed by atoms with Crippen LogP contribution in [-0.2, 0) is 146 Å². The highest BCUT2D eigenvalue weighted by molar-refractivity contribution is 7.93. The third kappa shape index (κ3) is 14.6. The second kappa shape index (κ2) is 30.1. The van der Waals surface area contributed by atoms with Crippen LogP contribution in [0.1, 0.15) is 141 Å². The van der Waals surface area contributed by atoms with Gasteiger partial charge in [-0.15, -0.1) is 0 Å². The molecule has 0 bridgehead atoms. The standard InChI is InChI=1S/C26H29N5O3S.2C25H28N6O3S/c32-26(29-24-21-11-4-9-19(21)15-20-10-5-12-22(20)24)30-35(33,28-16-18-7-2-1-3-8-18)23-17-27-31-13-6-14-34-25(23)31;32-25(29-23-20-8-1-6-18(20)13-19-7-2-9-21(19)23)30-35(33,28-15-17-5-3-10-26-14-17)22-16-27-31-11-4-12-34-24(22)31;32-25(29-23-20-6-1-4-18(20)14-19-5-2-7-21(19)23)30-35(33,28-15-17-8-10-26-11-9-17)22-16-27-31-12-3-13-34-24(22)31/h1-3,7-8,15,17H,4-6,9-14,16H2,(H2,28,29,30,32,33);3,5,10,13-14,16H,1-2,4,6-9,11-12,15H2,(H2,28,29,30,32,33);8-11,14,16H,1-7,12-13,15H2,(H2,28,29,30,32,33). The summed E-state index contributed by atoms with van der Waals surface area (Å²) in [5, 5.41) is 22.2. The highest BCUT2D eigenvalue weighted by atomic mass is 32.2. The fraction of sp³-hybridized carbons (Fsp3) is 0.395. The molecule has 9 aromatic rings. The maximum absolute atomic E-state index is 14.3. The molecule has 546 valence electrons. The summed E-state index contributed by atoms with van der Waals surface area (Å²) in [5.41, 5.74) is 20.5. The van der Waals surface area contributed by atoms with Crippen LogP contribution >= 0.6 is 0 Å². The SMILES string of the molecule is O=C(Nc1c2c(cc3c1CCC3)CCC2)NS(=O)(=NCc1ccccc1)c1cnn2c1OCCC2.O=C(Nc1c2c(cc3c1CCC3)CCC2)NS(=O)(=NCc1cccnc1)c1cnn2c1OCCC2.O=C(Nc1c2c(cc3c1CCC3)CCC2)NS(=O)(=NCc1ccncc1)c1cnn2c1OCCC2. The van der Waals surface area contributed by atoms with Crippen LogP contribution in [0.3, 0.4) is 0 Å². The van der Waals surface area contributed by atoms with Gasteiger partial charge in [-0.05, 0) is 217 Å². The van der Waals surface area contributed by atoms with E-state index in [-0.39, 0.29) is 19.6 Å². The number of anilines is 3. The molecule has 3 aliphatic heterocycles. The minimum atomic E-state index is -3.38. The zero-order valence-corrected chi connectivity index (χ0v) is 61.0. The number of pyridine rings is 2. The maximum atomic E-state index is 14.3. The molecular weight excluding hydrogens is 1390 g/mol. The normalized spacial score (nSPS) is 17.5. The summed E-state index contributed by atoms with van der Waals surface area (Å²) < 4.78 is 86.9. The van der Waals surface area contributed by atoms with Crippen molar-refractivity contribution >= 4 is 64.9 Å². The summed E-state index contributed by atoms with van der Waals surface area (Å²) in [4.78, 5) is 49.1. The molecule has 26 nitrogen and oxygen atoms in total. The molecule has 9 aliphatic rings. The van der Waals surface area contributed by atoms with Crippen LogP contribution in [-0.4, -0.2) is 89.9 Å². The van der Waals surface area contributed by atoms with E-state index in [1.54, 1.807) is 44.9 Å². The van der Waals surface area contributed by atoms with E-state index in [0.29, 0.717) is 71.8 Å². The van der Waals surface area contributed by atoms with Crippen LogP contribution in [0, 0.1) is 0 Å². The number of nitrogens with zero attached hydrogens (tertiary/aromatic N) is 11. The number of aryl methyl sites for hydroxylation is 9. The minimum absolute atomic E-state index is 0.133. The maximum Gasteiger partial charge on any atom is 0.331 e. The van der Waals surface area contributed by atoms with Gasteiger partial charge in [0.2, 0.25) is 17.6 Å². The molecule has 0 radical (unpaired) electrons. The van der Waals surface area contributed by atoms with Gasteiger partial charge >= 0.3 is 18.1 Å². The Morgan fingerprint density at radius 1 is 0.371 bits per heavy atom. The smallest absolute Gasteiger partial charge is 0.331 e. The quantitative estimate of drug-likeness (QED) is 0.0556. The Kier molecular flexibility index (Phi) is 19.9. The number of benzene rings is 4. The molecule has 105 heavy (non-hydrogen) atoms. The molecule has 6 N–H and O–H groups in total. The van der Waals surface area contributed by atoms with Gasteiger partial charge in [-0.1, -0.05) is 54.6 Å². The van der Waals surface area contributed by atoms with Gasteiger partial charge in [-0.2, -0.15) is 15.3 Å². The van der Waals surface area contributed by atoms with E-state index < -0.39 is 47.8 Å². The van der Waals surface area contributed by atoms with Gasteiger partial charge in [0, 0.05) is 80.7 Å². The van der Waals surface area contributed by atoms with Crippen molar-refractivity contribution in [2.75, 3.05) is 35.8 Å². The van der Waals surface area contributed by atoms with Gasteiger partial charge in [0.05, 0.1) is 58.0 Å². The van der Waals surface area contributed by atoms with Gasteiger partial charge in [0.25, 0.3) is 0 Å². The van der Waals surface area contributed by atoms with E-state index in [0.717, 1.165) is 169 Å². The monoisotopic (exact) mass is 1480 g/mol. The zero-order valence-electron chi connectivity index (χ0n) is 58.5. The van der Waals surface area contributed by atoms with E-state index in [2.05, 4.69) is 86.7 Å². The zero-order chi connectivity index (χ0) is 71.5. The Morgan fingerprint density at radius 2 is 0.695 bits per heavy atom. The lowest BCUT2D eigenvalue weighted by Crippen LogP contribution is -2.35. The first-order chi connectivity index (χ1) is 51.3. The minimum Gasteiger partial charge on any atom is -0.477 e. The second-order valence-corrected chi connectivity index (χ2v) is 33.6. The van der Waals surface area contributed by atoms with Crippen molar-refractivity contribution in [3.63, 3.8) is 0 Å². The molecule has 3 unspecified atom stereocenters. The van der Waals surface area contributed by atoms with Crippen LogP contribution < -0.4 is 44.3 Å². The predicted octanol–water partition coefficient (Wildman–Crippen LogP) is 12.0. The Bertz CT molecular complexity index is 4640. The number of hydrogen-bond donors (Lipinski definition) is 6. The molecular formula is C76H85N17O9S3. The Balaban J connectivity index is 0.000000121. The Hall–Kier alpha value is -10.1. The van der Waals surface area contributed by atoms with Crippen LogP contribution in [0.15, 0.2) is 144 Å². The van der Waals surface area contributed by atoms with Gasteiger partial charge < -0.3 is 30.2 Å². The van der Waals surface area contributed by atoms with Gasteiger partial charge in [-0.25, -0.2) is 68.3 Å². The number of fused-ring (bicyclic) bond motifs is 9. The lowest BCUT2D eigenvalue weighted by Gasteiger charge is -2.19. The van der Waals surface area contributed by atoms with Crippen molar-refractivity contribution in [2.45, 2.75) is 189 Å². The van der Waals surface area contributed by atoms with Crippen molar-refractivity contribution in [1.82, 2.24) is 53.5 Å². The molecule has 6 amide bonds. The Labute approximate surface area is 611 Å². The highest BCUT2D eigenvalue weighted by Crippen LogP contribution is 2.43. The number of carbonyl (C=O) groups is 3. The molecule has 4 aromatic carbocycles. The number of ether oxygens (including phenoxy) is 3. The molecule has 18 rings (SSSR count). The van der Waals surface area contributed by atoms with E-state index >= 15 is 0 Å². The first-order valence-electron chi connectivity index (χ1n) is 36.6. The summed E-state index contributed by atoms with van der Waals surface area (Å²) in [6.45, 7) is 4.03. The number of nitrogens with one attached hydrogen (secondary N) is 6. The lowest BCUT2D eigenvalue weighted by molar-refractivity contribution is 0.224. The predicted molar refractivity (Wildman–Crippen MR) is 397 cm³/mol. The molecule has 8 heterocycles. The lowest BCUT2D eigenvalue weighted by atomic mass is 9.99. The van der Waals surface area contributed by atoms with Gasteiger partial charge in [0.1, 0.15) is 14.7 Å². The van der Waals surface area contributed by atoms with Gasteiger partial charge in [-0.3, -0.25) is 9.97 Å². The number of amides is 6. The summed E-state index contributed by atoms with van der Waals surface area (Å²) in [6.07, 6.45) is 32.1. The number of carbonyl (C=O) groups excluding carboxylic acids is 3. The molecule has 0 saturated carbocycles. The van der Waals surface area contributed by atoms with Crippen molar-refractivity contribution in [1.29, 1.82) is 0 Å². The molecule has 0 saturated heterocycles. The van der Waals surface area contributed by atoms with E-state index in [1.165, 1.54) is 85.4 Å². The van der Waals surface area contributed by atoms with E-state index in [4.69, 9.17) is 14.2 Å². The number of rotatable bonds is 15. The molecule has 5 aromatic heterocycles. The topological polar surface area (TPSA) is 319 Å². The summed E-state index contributed by atoms with van der Waals surface area (Å²) in [7, 11) is -10.1. The molecule has 0 fully saturated rings. The van der Waals surface area contributed by atoms with Crippen molar-refractivity contribution < 1.29 is 41.2 Å². The first kappa shape index (κ1) is 69.3. The molecule has 6 aliphatic carbocycles. The van der Waals surface area contributed by atoms with Crippen LogP contribution in [0.2, 0.25) is 0 Å². The van der Waals surface area contributed by atoms with Crippen molar-refractivity contribution in [3.8, 4) is 17.6 Å². The largest absolute Gasteiger partial charge is 0.477 e. The fourth-order valence-electron chi connectivity index (χ4n) is 15.9. The fourth-order valence-corrected chi connectivity index (χ4v) is 20.5. The summed E-state index contributed by atoms with van der Waals surface area (Å²) in [5.74, 6) is 1.22. The molecule has 3 atom stereocenters. The number of urea groups is 3. The molecule has 29 heteroatoms. The third-order valence-corrected chi connectivity index (χ3v) is 26.4. The summed E-state index contributed by atoms with van der Waals surface area (Å²) in [6, 6.07) is 22.2.